The highest BCUT2D eigenvalue weighted by atomic mass is 19.1. The van der Waals surface area contributed by atoms with Crippen LogP contribution in [0.4, 0.5) is 15.8 Å². The first-order chi connectivity index (χ1) is 10.5. The lowest BCUT2D eigenvalue weighted by Crippen LogP contribution is -2.32. The summed E-state index contributed by atoms with van der Waals surface area (Å²) in [6, 6.07) is 5.88. The van der Waals surface area contributed by atoms with Crippen LogP contribution in [0.1, 0.15) is 10.6 Å². The summed E-state index contributed by atoms with van der Waals surface area (Å²) >= 11 is 0. The molecule has 8 nitrogen and oxygen atoms in total. The second-order valence-electron chi connectivity index (χ2n) is 4.13. The predicted octanol–water partition coefficient (Wildman–Crippen LogP) is 1.70. The van der Waals surface area contributed by atoms with Crippen LogP contribution in [-0.2, 0) is 4.79 Å². The van der Waals surface area contributed by atoms with E-state index < -0.39 is 28.2 Å². The molecule has 0 radical (unpaired) electrons. The van der Waals surface area contributed by atoms with Gasteiger partial charge in [-0.2, -0.15) is 4.39 Å². The predicted molar refractivity (Wildman–Crippen MR) is 72.7 cm³/mol. The van der Waals surface area contributed by atoms with Gasteiger partial charge in [-0.1, -0.05) is 0 Å². The van der Waals surface area contributed by atoms with E-state index in [4.69, 9.17) is 4.42 Å². The van der Waals surface area contributed by atoms with Gasteiger partial charge in [-0.05, 0) is 24.3 Å². The molecule has 0 aliphatic rings. The van der Waals surface area contributed by atoms with E-state index in [2.05, 4.69) is 10.6 Å². The molecule has 2 amide bonds. The Balaban J connectivity index is 1.93. The van der Waals surface area contributed by atoms with E-state index in [0.29, 0.717) is 0 Å². The van der Waals surface area contributed by atoms with Gasteiger partial charge in [0.25, 0.3) is 5.91 Å². The number of nitrogens with zero attached hydrogens (tertiary/aromatic N) is 1. The van der Waals surface area contributed by atoms with E-state index in [-0.39, 0.29) is 18.0 Å². The van der Waals surface area contributed by atoms with Crippen molar-refractivity contribution in [2.24, 2.45) is 0 Å². The van der Waals surface area contributed by atoms with Crippen LogP contribution in [0.15, 0.2) is 41.0 Å². The molecule has 0 aliphatic heterocycles. The van der Waals surface area contributed by atoms with Gasteiger partial charge >= 0.3 is 5.69 Å². The number of hydrogen-bond donors (Lipinski definition) is 2. The summed E-state index contributed by atoms with van der Waals surface area (Å²) in [6.45, 7) is -0.370. The Labute approximate surface area is 123 Å². The van der Waals surface area contributed by atoms with E-state index >= 15 is 0 Å². The van der Waals surface area contributed by atoms with Crippen molar-refractivity contribution < 1.29 is 23.3 Å². The van der Waals surface area contributed by atoms with Crippen molar-refractivity contribution in [2.75, 3.05) is 11.9 Å². The van der Waals surface area contributed by atoms with Crippen LogP contribution in [0.5, 0.6) is 0 Å². The molecule has 9 heteroatoms. The summed E-state index contributed by atoms with van der Waals surface area (Å²) in [4.78, 5) is 32.9. The van der Waals surface area contributed by atoms with Gasteiger partial charge in [0, 0.05) is 11.8 Å². The first-order valence-electron chi connectivity index (χ1n) is 6.03. The number of furan rings is 1. The van der Waals surface area contributed by atoms with Gasteiger partial charge < -0.3 is 15.1 Å². The van der Waals surface area contributed by atoms with Gasteiger partial charge in [-0.3, -0.25) is 19.7 Å². The maximum atomic E-state index is 13.1. The quantitative estimate of drug-likeness (QED) is 0.644. The topological polar surface area (TPSA) is 114 Å². The molecular formula is C13H10FN3O5. The Morgan fingerprint density at radius 2 is 2.09 bits per heavy atom. The molecule has 2 rings (SSSR count). The molecule has 1 aromatic heterocycles. The fourth-order valence-corrected chi connectivity index (χ4v) is 1.59. The largest absolute Gasteiger partial charge is 0.459 e. The number of rotatable bonds is 5. The molecule has 0 saturated heterocycles. The van der Waals surface area contributed by atoms with Crippen molar-refractivity contribution in [1.82, 2.24) is 5.32 Å². The highest BCUT2D eigenvalue weighted by Crippen LogP contribution is 2.21. The van der Waals surface area contributed by atoms with Crippen molar-refractivity contribution in [3.05, 3.63) is 58.3 Å². The number of halogens is 1. The lowest BCUT2D eigenvalue weighted by Gasteiger charge is -2.06. The molecule has 1 heterocycles. The third kappa shape index (κ3) is 3.66. The zero-order valence-corrected chi connectivity index (χ0v) is 11.0. The summed E-state index contributed by atoms with van der Waals surface area (Å²) in [5.41, 5.74) is -0.706. The number of anilines is 1. The van der Waals surface area contributed by atoms with Gasteiger partial charge in [0.1, 0.15) is 0 Å². The molecule has 114 valence electrons. The zero-order chi connectivity index (χ0) is 16.1. The Bertz CT molecular complexity index is 714. The molecule has 0 spiro atoms. The van der Waals surface area contributed by atoms with E-state index in [0.717, 1.165) is 12.1 Å². The summed E-state index contributed by atoms with van der Waals surface area (Å²) in [5, 5.41) is 15.2. The van der Waals surface area contributed by atoms with Crippen molar-refractivity contribution in [2.45, 2.75) is 0 Å². The molecule has 2 aromatic rings. The summed E-state index contributed by atoms with van der Waals surface area (Å²) in [6.07, 6.45) is 1.31. The molecule has 0 unspecified atom stereocenters. The highest BCUT2D eigenvalue weighted by Gasteiger charge is 2.16. The SMILES string of the molecule is O=C(CNC(=O)c1ccco1)Nc1ccc(F)c([N+](=O)[O-])c1. The lowest BCUT2D eigenvalue weighted by molar-refractivity contribution is -0.387. The summed E-state index contributed by atoms with van der Waals surface area (Å²) in [5.74, 6) is -2.16. The molecule has 2 N–H and O–H groups in total. The second kappa shape index (κ2) is 6.48. The highest BCUT2D eigenvalue weighted by molar-refractivity contribution is 5.98. The Morgan fingerprint density at radius 1 is 1.32 bits per heavy atom. The number of hydrogen-bond acceptors (Lipinski definition) is 5. The van der Waals surface area contributed by atoms with Crippen molar-refractivity contribution in [3.63, 3.8) is 0 Å². The third-order valence-electron chi connectivity index (χ3n) is 2.58. The Hall–Kier alpha value is -3.23. The smallest absolute Gasteiger partial charge is 0.306 e. The maximum Gasteiger partial charge on any atom is 0.306 e. The number of amides is 2. The number of carbonyl (C=O) groups excluding carboxylic acids is 2. The van der Waals surface area contributed by atoms with E-state index in [1.165, 1.54) is 24.5 Å². The normalized spacial score (nSPS) is 10.0. The average Bonchev–Trinajstić information content (AvgIpc) is 3.01. The van der Waals surface area contributed by atoms with E-state index in [1.54, 1.807) is 0 Å². The third-order valence-corrected chi connectivity index (χ3v) is 2.58. The maximum absolute atomic E-state index is 13.1. The van der Waals surface area contributed by atoms with E-state index in [9.17, 15) is 24.1 Å². The van der Waals surface area contributed by atoms with Gasteiger partial charge in [0.05, 0.1) is 17.7 Å². The van der Waals surface area contributed by atoms with Crippen LogP contribution in [-0.4, -0.2) is 23.3 Å². The Morgan fingerprint density at radius 3 is 2.73 bits per heavy atom. The summed E-state index contributed by atoms with van der Waals surface area (Å²) < 4.78 is 18.0. The summed E-state index contributed by atoms with van der Waals surface area (Å²) in [7, 11) is 0. The van der Waals surface area contributed by atoms with Gasteiger partial charge in [-0.15, -0.1) is 0 Å². The van der Waals surface area contributed by atoms with Gasteiger partial charge in [-0.25, -0.2) is 0 Å². The fourth-order valence-electron chi connectivity index (χ4n) is 1.59. The fraction of sp³-hybridized carbons (Fsp3) is 0.0769. The molecule has 0 saturated carbocycles. The number of carbonyl (C=O) groups is 2. The van der Waals surface area contributed by atoms with Gasteiger partial charge in [0.15, 0.2) is 5.76 Å². The van der Waals surface area contributed by atoms with Crippen LogP contribution in [0.3, 0.4) is 0 Å². The first kappa shape index (κ1) is 15.2. The standard InChI is InChI=1S/C13H10FN3O5/c14-9-4-3-8(6-10(9)17(20)21)16-12(18)7-15-13(19)11-2-1-5-22-11/h1-6H,7H2,(H,15,19)(H,16,18). The minimum Gasteiger partial charge on any atom is -0.459 e. The average molecular weight is 307 g/mol. The van der Waals surface area contributed by atoms with Crippen molar-refractivity contribution in [3.8, 4) is 0 Å². The number of nitro groups is 1. The van der Waals surface area contributed by atoms with Crippen molar-refractivity contribution >= 4 is 23.2 Å². The molecule has 0 atom stereocenters. The molecule has 1 aromatic carbocycles. The lowest BCUT2D eigenvalue weighted by atomic mass is 10.2. The number of nitrogens with one attached hydrogen (secondary N) is 2. The Kier molecular flexibility index (Phi) is 4.47. The molecule has 0 fully saturated rings. The van der Waals surface area contributed by atoms with Crippen LogP contribution < -0.4 is 10.6 Å². The van der Waals surface area contributed by atoms with Crippen molar-refractivity contribution in [1.29, 1.82) is 0 Å². The zero-order valence-electron chi connectivity index (χ0n) is 11.0. The van der Waals surface area contributed by atoms with Crippen LogP contribution in [0.25, 0.3) is 0 Å². The number of nitro benzene ring substituents is 1. The van der Waals surface area contributed by atoms with E-state index in [1.807, 2.05) is 0 Å². The minimum atomic E-state index is -1.01. The van der Waals surface area contributed by atoms with Crippen LogP contribution >= 0.6 is 0 Å². The van der Waals surface area contributed by atoms with Crippen LogP contribution in [0, 0.1) is 15.9 Å². The molecule has 0 bridgehead atoms. The molecule has 0 aliphatic carbocycles. The van der Waals surface area contributed by atoms with Crippen LogP contribution in [0.2, 0.25) is 0 Å². The first-order valence-corrected chi connectivity index (χ1v) is 6.03. The monoisotopic (exact) mass is 307 g/mol. The number of benzene rings is 1. The van der Waals surface area contributed by atoms with Gasteiger partial charge in [0.2, 0.25) is 11.7 Å². The minimum absolute atomic E-state index is 0.0465. The molecule has 22 heavy (non-hydrogen) atoms. The molecular weight excluding hydrogens is 297 g/mol. The second-order valence-corrected chi connectivity index (χ2v) is 4.13.